The van der Waals surface area contributed by atoms with Crippen LogP contribution >= 0.6 is 11.6 Å². The van der Waals surface area contributed by atoms with Crippen LogP contribution in [0.15, 0.2) is 36.4 Å². The van der Waals surface area contributed by atoms with E-state index >= 15 is 0 Å². The monoisotopic (exact) mass is 305 g/mol. The predicted octanol–water partition coefficient (Wildman–Crippen LogP) is 3.32. The fraction of sp³-hybridized carbons (Fsp3) is 0.0667. The van der Waals surface area contributed by atoms with Crippen LogP contribution in [0.5, 0.6) is 5.75 Å². The molecule has 0 saturated heterocycles. The smallest absolute Gasteiger partial charge is 0.273 e. The number of halogens is 2. The quantitative estimate of drug-likeness (QED) is 0.632. The van der Waals surface area contributed by atoms with Crippen molar-refractivity contribution in [3.63, 3.8) is 0 Å². The van der Waals surface area contributed by atoms with Crippen molar-refractivity contribution < 1.29 is 18.7 Å². The van der Waals surface area contributed by atoms with Gasteiger partial charge in [-0.25, -0.2) is 0 Å². The number of nitrogens with zero attached hydrogens (tertiary/aromatic N) is 1. The summed E-state index contributed by atoms with van der Waals surface area (Å²) >= 11 is 5.74. The van der Waals surface area contributed by atoms with Crippen molar-refractivity contribution in [3.8, 4) is 5.75 Å². The number of ketones is 1. The van der Waals surface area contributed by atoms with Crippen LogP contribution < -0.4 is 4.74 Å². The van der Waals surface area contributed by atoms with Gasteiger partial charge in [0.05, 0.1) is 12.7 Å². The van der Waals surface area contributed by atoms with Crippen LogP contribution in [-0.4, -0.2) is 23.3 Å². The first-order valence-electron chi connectivity index (χ1n) is 6.05. The van der Waals surface area contributed by atoms with E-state index in [1.54, 1.807) is 24.3 Å². The minimum Gasteiger partial charge on any atom is -0.618 e. The molecule has 0 atom stereocenters. The molecule has 1 aliphatic rings. The number of hydrogen-bond acceptors (Lipinski definition) is 3. The van der Waals surface area contributed by atoms with Gasteiger partial charge in [-0.2, -0.15) is 9.13 Å². The molecule has 0 bridgehead atoms. The first kappa shape index (κ1) is 13.6. The van der Waals surface area contributed by atoms with Crippen molar-refractivity contribution in [1.82, 2.24) is 0 Å². The van der Waals surface area contributed by atoms with Gasteiger partial charge in [-0.3, -0.25) is 4.79 Å². The molecule has 4 nitrogen and oxygen atoms in total. The molecule has 0 amide bonds. The van der Waals surface area contributed by atoms with E-state index in [1.165, 1.54) is 13.2 Å². The van der Waals surface area contributed by atoms with E-state index < -0.39 is 11.6 Å². The van der Waals surface area contributed by atoms with Gasteiger partial charge in [0.25, 0.3) is 17.2 Å². The van der Waals surface area contributed by atoms with E-state index in [0.29, 0.717) is 16.1 Å². The minimum atomic E-state index is -0.815. The van der Waals surface area contributed by atoms with Crippen LogP contribution in [0.2, 0.25) is 5.02 Å². The molecule has 106 valence electrons. The Morgan fingerprint density at radius 2 is 1.90 bits per heavy atom. The van der Waals surface area contributed by atoms with Crippen LogP contribution in [-0.2, 0) is 0 Å². The largest absolute Gasteiger partial charge is 0.618 e. The number of rotatable bonds is 2. The standard InChI is InChI=1S/C15H9ClFNO3/c1-21-10-4-2-8(3-5-10)13-15(19)11-6-9(16)7-12(17)14(11)18(13)20/h2-7H,1H3. The Balaban J connectivity index is 2.16. The second kappa shape index (κ2) is 4.86. The average Bonchev–Trinajstić information content (AvgIpc) is 2.71. The molecule has 0 radical (unpaired) electrons. The highest BCUT2D eigenvalue weighted by Crippen LogP contribution is 2.33. The van der Waals surface area contributed by atoms with Crippen LogP contribution in [0.1, 0.15) is 15.9 Å². The normalized spacial score (nSPS) is 13.6. The Hall–Kier alpha value is -2.40. The third-order valence-electron chi connectivity index (χ3n) is 3.26. The van der Waals surface area contributed by atoms with Crippen LogP contribution in [0.4, 0.5) is 10.1 Å². The Kier molecular flexibility index (Phi) is 3.14. The van der Waals surface area contributed by atoms with Crippen LogP contribution in [0.25, 0.3) is 0 Å². The summed E-state index contributed by atoms with van der Waals surface area (Å²) in [4.78, 5) is 12.3. The summed E-state index contributed by atoms with van der Waals surface area (Å²) < 4.78 is 19.2. The second-order valence-corrected chi connectivity index (χ2v) is 4.92. The highest BCUT2D eigenvalue weighted by atomic mass is 35.5. The molecule has 0 aliphatic carbocycles. The van der Waals surface area contributed by atoms with Gasteiger partial charge in [-0.05, 0) is 36.4 Å². The Labute approximate surface area is 124 Å². The maximum Gasteiger partial charge on any atom is 0.273 e. The van der Waals surface area contributed by atoms with Gasteiger partial charge in [0.1, 0.15) is 11.3 Å². The van der Waals surface area contributed by atoms with Gasteiger partial charge < -0.3 is 9.94 Å². The summed E-state index contributed by atoms with van der Waals surface area (Å²) in [5.74, 6) is -0.773. The molecule has 0 saturated carbocycles. The predicted molar refractivity (Wildman–Crippen MR) is 76.1 cm³/mol. The lowest BCUT2D eigenvalue weighted by atomic mass is 10.0. The SMILES string of the molecule is COc1ccc(C2=[N+]([O-])c3c(F)cc(Cl)cc3C2=O)cc1. The summed E-state index contributed by atoms with van der Waals surface area (Å²) in [6, 6.07) is 8.69. The number of Topliss-reactive ketones (excluding diaryl/α,β-unsaturated/α-hetero) is 1. The maximum absolute atomic E-state index is 13.9. The number of benzene rings is 2. The Morgan fingerprint density at radius 3 is 2.52 bits per heavy atom. The summed E-state index contributed by atoms with van der Waals surface area (Å²) in [5, 5.41) is 12.3. The van der Waals surface area contributed by atoms with E-state index in [-0.39, 0.29) is 22.0 Å². The number of fused-ring (bicyclic) bond motifs is 1. The number of ether oxygens (including phenoxy) is 1. The zero-order chi connectivity index (χ0) is 15.1. The van der Waals surface area contributed by atoms with E-state index in [1.807, 2.05) is 0 Å². The van der Waals surface area contributed by atoms with Crippen molar-refractivity contribution in [2.24, 2.45) is 0 Å². The van der Waals surface area contributed by atoms with Crippen molar-refractivity contribution in [1.29, 1.82) is 0 Å². The first-order valence-corrected chi connectivity index (χ1v) is 6.43. The third kappa shape index (κ3) is 2.06. The summed E-state index contributed by atoms with van der Waals surface area (Å²) in [7, 11) is 1.51. The Bertz CT molecular complexity index is 784. The van der Waals surface area contributed by atoms with Gasteiger partial charge in [0.15, 0.2) is 5.82 Å². The highest BCUT2D eigenvalue weighted by Gasteiger charge is 2.39. The molecule has 21 heavy (non-hydrogen) atoms. The van der Waals surface area contributed by atoms with E-state index in [4.69, 9.17) is 16.3 Å². The van der Waals surface area contributed by atoms with E-state index in [0.717, 1.165) is 6.07 Å². The van der Waals surface area contributed by atoms with Crippen LogP contribution in [0, 0.1) is 11.0 Å². The molecule has 6 heteroatoms. The van der Waals surface area contributed by atoms with Gasteiger partial charge in [-0.1, -0.05) is 11.6 Å². The van der Waals surface area contributed by atoms with Gasteiger partial charge >= 0.3 is 0 Å². The Morgan fingerprint density at radius 1 is 1.24 bits per heavy atom. The van der Waals surface area contributed by atoms with E-state index in [9.17, 15) is 14.4 Å². The average molecular weight is 306 g/mol. The number of carbonyl (C=O) groups is 1. The molecule has 2 aromatic rings. The van der Waals surface area contributed by atoms with Crippen molar-refractivity contribution in [3.05, 3.63) is 63.6 Å². The lowest BCUT2D eigenvalue weighted by Gasteiger charge is -2.04. The maximum atomic E-state index is 13.9. The minimum absolute atomic E-state index is 0.0270. The number of carbonyl (C=O) groups excluding carboxylic acids is 1. The molecule has 0 unspecified atom stereocenters. The zero-order valence-corrected chi connectivity index (χ0v) is 11.6. The summed E-state index contributed by atoms with van der Waals surface area (Å²) in [5.41, 5.74) is -0.0626. The third-order valence-corrected chi connectivity index (χ3v) is 3.48. The molecule has 1 aliphatic heterocycles. The van der Waals surface area contributed by atoms with Crippen molar-refractivity contribution >= 4 is 28.8 Å². The fourth-order valence-corrected chi connectivity index (χ4v) is 2.48. The molecule has 0 aromatic heterocycles. The van der Waals surface area contributed by atoms with Crippen molar-refractivity contribution in [2.75, 3.05) is 7.11 Å². The molecular weight excluding hydrogens is 297 g/mol. The first-order chi connectivity index (χ1) is 10.0. The molecule has 0 spiro atoms. The summed E-state index contributed by atoms with van der Waals surface area (Å²) in [6.45, 7) is 0. The van der Waals surface area contributed by atoms with E-state index in [2.05, 4.69) is 0 Å². The van der Waals surface area contributed by atoms with Crippen LogP contribution in [0.3, 0.4) is 0 Å². The molecule has 0 fully saturated rings. The number of hydrogen-bond donors (Lipinski definition) is 0. The van der Waals surface area contributed by atoms with Gasteiger partial charge in [-0.15, -0.1) is 0 Å². The zero-order valence-electron chi connectivity index (χ0n) is 10.9. The molecule has 0 N–H and O–H groups in total. The van der Waals surface area contributed by atoms with Gasteiger partial charge in [0, 0.05) is 5.02 Å². The van der Waals surface area contributed by atoms with Crippen molar-refractivity contribution in [2.45, 2.75) is 0 Å². The molecule has 1 heterocycles. The molecular formula is C15H9ClFNO3. The topological polar surface area (TPSA) is 52.4 Å². The lowest BCUT2D eigenvalue weighted by Crippen LogP contribution is -2.16. The lowest BCUT2D eigenvalue weighted by molar-refractivity contribution is -0.358. The fourth-order valence-electron chi connectivity index (χ4n) is 2.27. The number of methoxy groups -OCH3 is 1. The highest BCUT2D eigenvalue weighted by molar-refractivity contribution is 6.52. The van der Waals surface area contributed by atoms with Gasteiger partial charge in [0.2, 0.25) is 0 Å². The molecule has 3 rings (SSSR count). The summed E-state index contributed by atoms with van der Waals surface area (Å²) in [6.07, 6.45) is 0. The molecule has 2 aromatic carbocycles. The second-order valence-electron chi connectivity index (χ2n) is 4.48.